The molecule has 0 heterocycles. The van der Waals surface area contributed by atoms with Crippen molar-refractivity contribution in [3.05, 3.63) is 51.1 Å². The Morgan fingerprint density at radius 1 is 1.12 bits per heavy atom. The smallest absolute Gasteiger partial charge is 0.537 e. The molecule has 85 valence electrons. The highest BCUT2D eigenvalue weighted by molar-refractivity contribution is 14.1. The van der Waals surface area contributed by atoms with Crippen LogP contribution in [0.2, 0.25) is 5.02 Å². The van der Waals surface area contributed by atoms with E-state index in [1.54, 1.807) is 0 Å². The third-order valence-electron chi connectivity index (χ3n) is 2.22. The average molecular weight is 357 g/mol. The number of benzene rings is 2. The molecule has 0 aromatic heterocycles. The van der Waals surface area contributed by atoms with Crippen LogP contribution >= 0.6 is 34.2 Å². The second-order valence-corrected chi connectivity index (χ2v) is 5.09. The molecule has 17 heavy (non-hydrogen) atoms. The van der Waals surface area contributed by atoms with Crippen LogP contribution in [-0.4, -0.2) is 12.7 Å². The van der Waals surface area contributed by atoms with E-state index >= 15 is 0 Å². The Balaban J connectivity index is 2.44. The third kappa shape index (κ3) is 3.37. The molecule has 0 spiro atoms. The average Bonchev–Trinajstić information content (AvgIpc) is 2.28. The lowest BCUT2D eigenvalue weighted by molar-refractivity contribution is 0.454. The first-order valence-corrected chi connectivity index (χ1v) is 6.34. The molecule has 5 heteroatoms. The molecule has 0 fully saturated rings. The number of halogens is 2. The van der Waals surface area contributed by atoms with Gasteiger partial charge in [0.2, 0.25) is 0 Å². The standard InChI is InChI=1S/C12H8BClIO2/c14-10-3-1-2-8(4-10)9-5-11(15)7-12(6-9)17-13-16/h1-7,16H. The summed E-state index contributed by atoms with van der Waals surface area (Å²) in [6, 6.07) is 13.3. The molecule has 0 aliphatic heterocycles. The Kier molecular flexibility index (Phi) is 4.31. The van der Waals surface area contributed by atoms with E-state index < -0.39 is 0 Å². The maximum Gasteiger partial charge on any atom is 0.569 e. The van der Waals surface area contributed by atoms with Crippen LogP contribution < -0.4 is 4.65 Å². The molecule has 2 aromatic carbocycles. The summed E-state index contributed by atoms with van der Waals surface area (Å²) < 4.78 is 6.00. The molecule has 0 bridgehead atoms. The Labute approximate surface area is 119 Å². The maximum absolute atomic E-state index is 8.65. The van der Waals surface area contributed by atoms with Crippen LogP contribution in [-0.2, 0) is 0 Å². The zero-order valence-electron chi connectivity index (χ0n) is 8.73. The second-order valence-electron chi connectivity index (χ2n) is 3.41. The highest BCUT2D eigenvalue weighted by Crippen LogP contribution is 2.28. The van der Waals surface area contributed by atoms with Gasteiger partial charge in [0.1, 0.15) is 5.75 Å². The van der Waals surface area contributed by atoms with Gasteiger partial charge in [0.15, 0.2) is 0 Å². The summed E-state index contributed by atoms with van der Waals surface area (Å²) in [4.78, 5) is 0. The van der Waals surface area contributed by atoms with Gasteiger partial charge in [0.05, 0.1) is 0 Å². The van der Waals surface area contributed by atoms with Crippen LogP contribution in [0.5, 0.6) is 5.75 Å². The van der Waals surface area contributed by atoms with Gasteiger partial charge in [-0.2, -0.15) is 0 Å². The van der Waals surface area contributed by atoms with E-state index in [0.29, 0.717) is 18.5 Å². The molecular weight excluding hydrogens is 349 g/mol. The lowest BCUT2D eigenvalue weighted by atomic mass is 10.1. The van der Waals surface area contributed by atoms with Gasteiger partial charge in [-0.15, -0.1) is 0 Å². The summed E-state index contributed by atoms with van der Waals surface area (Å²) in [5, 5.41) is 9.34. The molecule has 0 atom stereocenters. The highest BCUT2D eigenvalue weighted by Gasteiger charge is 2.04. The Hall–Kier alpha value is -0.715. The van der Waals surface area contributed by atoms with Crippen molar-refractivity contribution in [3.8, 4) is 16.9 Å². The summed E-state index contributed by atoms with van der Waals surface area (Å²) in [7, 11) is 0.674. The van der Waals surface area contributed by atoms with Crippen LogP contribution in [0.15, 0.2) is 42.5 Å². The van der Waals surface area contributed by atoms with E-state index in [-0.39, 0.29) is 0 Å². The van der Waals surface area contributed by atoms with Crippen molar-refractivity contribution in [3.63, 3.8) is 0 Å². The predicted octanol–water partition coefficient (Wildman–Crippen LogP) is 3.52. The fourth-order valence-electron chi connectivity index (χ4n) is 1.53. The van der Waals surface area contributed by atoms with Gasteiger partial charge < -0.3 is 9.68 Å². The van der Waals surface area contributed by atoms with E-state index in [2.05, 4.69) is 22.6 Å². The van der Waals surface area contributed by atoms with Crippen LogP contribution in [0.4, 0.5) is 0 Å². The molecule has 2 aromatic rings. The normalized spacial score (nSPS) is 10.1. The van der Waals surface area contributed by atoms with Gasteiger partial charge in [-0.3, -0.25) is 0 Å². The zero-order valence-corrected chi connectivity index (χ0v) is 11.6. The van der Waals surface area contributed by atoms with Crippen LogP contribution in [0.1, 0.15) is 0 Å². The van der Waals surface area contributed by atoms with Crippen molar-refractivity contribution in [2.45, 2.75) is 0 Å². The molecule has 0 unspecified atom stereocenters. The first-order chi connectivity index (χ1) is 8.19. The van der Waals surface area contributed by atoms with Crippen LogP contribution in [0, 0.1) is 3.57 Å². The summed E-state index contributed by atoms with van der Waals surface area (Å²) >= 11 is 8.15. The quantitative estimate of drug-likeness (QED) is 0.673. The topological polar surface area (TPSA) is 29.5 Å². The molecule has 0 aliphatic carbocycles. The fraction of sp³-hybridized carbons (Fsp3) is 0. The lowest BCUT2D eigenvalue weighted by Crippen LogP contribution is -2.00. The monoisotopic (exact) mass is 357 g/mol. The summed E-state index contributed by atoms with van der Waals surface area (Å²) in [6.45, 7) is 0. The highest BCUT2D eigenvalue weighted by atomic mass is 127. The minimum absolute atomic E-state index is 0.592. The van der Waals surface area contributed by atoms with Gasteiger partial charge in [-0.25, -0.2) is 0 Å². The molecular formula is C12H8BClIO2. The Morgan fingerprint density at radius 2 is 1.94 bits per heavy atom. The van der Waals surface area contributed by atoms with Crippen molar-refractivity contribution in [2.24, 2.45) is 0 Å². The van der Waals surface area contributed by atoms with E-state index in [1.165, 1.54) is 0 Å². The van der Waals surface area contributed by atoms with Gasteiger partial charge in [0, 0.05) is 8.59 Å². The van der Waals surface area contributed by atoms with Crippen molar-refractivity contribution >= 4 is 41.9 Å². The fourth-order valence-corrected chi connectivity index (χ4v) is 2.36. The zero-order chi connectivity index (χ0) is 12.3. The number of hydrogen-bond acceptors (Lipinski definition) is 2. The summed E-state index contributed by atoms with van der Waals surface area (Å²) in [5.74, 6) is 0.592. The first kappa shape index (κ1) is 12.7. The first-order valence-electron chi connectivity index (χ1n) is 4.88. The molecule has 0 aliphatic rings. The number of hydrogen-bond donors (Lipinski definition) is 1. The van der Waals surface area contributed by atoms with Crippen LogP contribution in [0.25, 0.3) is 11.1 Å². The summed E-state index contributed by atoms with van der Waals surface area (Å²) in [5.41, 5.74) is 2.01. The molecule has 1 radical (unpaired) electrons. The van der Waals surface area contributed by atoms with Crippen molar-refractivity contribution in [2.75, 3.05) is 0 Å². The maximum atomic E-state index is 8.65. The molecule has 2 rings (SSSR count). The largest absolute Gasteiger partial charge is 0.569 e. The molecule has 2 nitrogen and oxygen atoms in total. The van der Waals surface area contributed by atoms with Gasteiger partial charge in [-0.1, -0.05) is 23.7 Å². The SMILES string of the molecule is O[B]Oc1cc(I)cc(-c2cccc(Cl)c2)c1. The van der Waals surface area contributed by atoms with E-state index in [1.807, 2.05) is 42.5 Å². The van der Waals surface area contributed by atoms with Crippen LogP contribution in [0.3, 0.4) is 0 Å². The molecule has 0 amide bonds. The predicted molar refractivity (Wildman–Crippen MR) is 78.2 cm³/mol. The van der Waals surface area contributed by atoms with E-state index in [4.69, 9.17) is 21.3 Å². The van der Waals surface area contributed by atoms with Gasteiger partial charge in [0.25, 0.3) is 0 Å². The third-order valence-corrected chi connectivity index (χ3v) is 3.08. The lowest BCUT2D eigenvalue weighted by Gasteiger charge is -2.07. The van der Waals surface area contributed by atoms with Gasteiger partial charge in [-0.05, 0) is 64.0 Å². The minimum Gasteiger partial charge on any atom is -0.537 e. The minimum atomic E-state index is 0.592. The number of rotatable bonds is 3. The molecule has 0 saturated heterocycles. The Morgan fingerprint density at radius 3 is 2.65 bits per heavy atom. The molecule has 1 N–H and O–H groups in total. The van der Waals surface area contributed by atoms with E-state index in [9.17, 15) is 0 Å². The van der Waals surface area contributed by atoms with E-state index in [0.717, 1.165) is 14.7 Å². The second kappa shape index (κ2) is 5.75. The summed E-state index contributed by atoms with van der Waals surface area (Å²) in [6.07, 6.45) is 0. The Bertz CT molecular complexity index is 534. The molecule has 0 saturated carbocycles. The van der Waals surface area contributed by atoms with Gasteiger partial charge >= 0.3 is 7.69 Å². The van der Waals surface area contributed by atoms with Crippen molar-refractivity contribution in [1.82, 2.24) is 0 Å². The van der Waals surface area contributed by atoms with Crippen molar-refractivity contribution < 1.29 is 9.68 Å². The van der Waals surface area contributed by atoms with Crippen molar-refractivity contribution in [1.29, 1.82) is 0 Å².